The first-order chi connectivity index (χ1) is 18.8. The maximum Gasteiger partial charge on any atom is 0.281 e. The van der Waals surface area contributed by atoms with Gasteiger partial charge in [-0.25, -0.2) is 4.98 Å². The van der Waals surface area contributed by atoms with Crippen LogP contribution in [0.4, 0.5) is 0 Å². The number of benzene rings is 2. The molecule has 0 spiro atoms. The van der Waals surface area contributed by atoms with Crippen molar-refractivity contribution in [3.05, 3.63) is 81.9 Å². The zero-order chi connectivity index (χ0) is 27.1. The lowest BCUT2D eigenvalue weighted by Crippen LogP contribution is -2.49. The number of piperidine rings is 1. The Hall–Kier alpha value is -3.82. The van der Waals surface area contributed by atoms with Crippen molar-refractivity contribution >= 4 is 16.9 Å². The van der Waals surface area contributed by atoms with Crippen LogP contribution in [0.25, 0.3) is 22.3 Å². The summed E-state index contributed by atoms with van der Waals surface area (Å²) < 4.78 is 3.17. The zero-order valence-electron chi connectivity index (χ0n) is 22.4. The van der Waals surface area contributed by atoms with Crippen LogP contribution in [-0.2, 0) is 31.5 Å². The summed E-state index contributed by atoms with van der Waals surface area (Å²) >= 11 is 0. The Morgan fingerprint density at radius 3 is 2.59 bits per heavy atom. The lowest BCUT2D eigenvalue weighted by molar-refractivity contribution is -0.136. The number of carbonyl (C=O) groups excluding carboxylic acids is 1. The minimum atomic E-state index is -1.09. The maximum atomic E-state index is 13.4. The molecule has 2 N–H and O–H groups in total. The summed E-state index contributed by atoms with van der Waals surface area (Å²) in [5.41, 5.74) is 4.95. The van der Waals surface area contributed by atoms with Gasteiger partial charge in [0.25, 0.3) is 5.56 Å². The molecule has 2 aliphatic rings. The van der Waals surface area contributed by atoms with Gasteiger partial charge in [-0.15, -0.1) is 0 Å². The van der Waals surface area contributed by atoms with Crippen LogP contribution < -0.4 is 10.9 Å². The van der Waals surface area contributed by atoms with E-state index in [1.54, 1.807) is 4.68 Å². The molecule has 0 unspecified atom stereocenters. The van der Waals surface area contributed by atoms with E-state index in [1.807, 2.05) is 48.3 Å². The minimum Gasteiger partial charge on any atom is -0.388 e. The van der Waals surface area contributed by atoms with Gasteiger partial charge < -0.3 is 15.3 Å². The Labute approximate surface area is 227 Å². The number of aliphatic hydroxyl groups is 1. The number of hydrogen-bond acceptors (Lipinski definition) is 6. The van der Waals surface area contributed by atoms with Gasteiger partial charge in [0.05, 0.1) is 24.2 Å². The topological polar surface area (TPSA) is 105 Å². The summed E-state index contributed by atoms with van der Waals surface area (Å²) in [7, 11) is 1.82. The highest BCUT2D eigenvalue weighted by Gasteiger charge is 2.35. The van der Waals surface area contributed by atoms with E-state index in [0.717, 1.165) is 29.9 Å². The molecule has 1 saturated heterocycles. The summed E-state index contributed by atoms with van der Waals surface area (Å²) in [5.74, 6) is 0.227. The third-order valence-electron chi connectivity index (χ3n) is 8.28. The van der Waals surface area contributed by atoms with Crippen LogP contribution >= 0.6 is 0 Å². The first-order valence-electron chi connectivity index (χ1n) is 13.6. The molecule has 4 aromatic rings. The molecule has 202 valence electrons. The van der Waals surface area contributed by atoms with E-state index >= 15 is 0 Å². The highest BCUT2D eigenvalue weighted by Crippen LogP contribution is 2.30. The molecule has 0 aliphatic carbocycles. The van der Waals surface area contributed by atoms with Gasteiger partial charge in [0.2, 0.25) is 5.91 Å². The fourth-order valence-electron chi connectivity index (χ4n) is 5.91. The molecule has 1 amide bonds. The Balaban J connectivity index is 1.16. The molecule has 9 nitrogen and oxygen atoms in total. The van der Waals surface area contributed by atoms with Crippen molar-refractivity contribution in [1.82, 2.24) is 29.5 Å². The molecule has 0 bridgehead atoms. The van der Waals surface area contributed by atoms with Gasteiger partial charge in [-0.05, 0) is 41.5 Å². The van der Waals surface area contributed by atoms with Gasteiger partial charge in [0.1, 0.15) is 5.52 Å². The second kappa shape index (κ2) is 10.1. The van der Waals surface area contributed by atoms with Crippen LogP contribution in [0.1, 0.15) is 48.8 Å². The molecule has 6 rings (SSSR count). The molecule has 1 atom stereocenters. The second-order valence-corrected chi connectivity index (χ2v) is 11.1. The van der Waals surface area contributed by atoms with Crippen LogP contribution in [0.2, 0.25) is 0 Å². The van der Waals surface area contributed by atoms with E-state index in [4.69, 9.17) is 0 Å². The van der Waals surface area contributed by atoms with E-state index in [1.165, 1.54) is 22.0 Å². The van der Waals surface area contributed by atoms with Gasteiger partial charge >= 0.3 is 0 Å². The van der Waals surface area contributed by atoms with E-state index in [2.05, 4.69) is 34.5 Å². The monoisotopic (exact) mass is 526 g/mol. The summed E-state index contributed by atoms with van der Waals surface area (Å²) in [6.07, 6.45) is 2.76. The Kier molecular flexibility index (Phi) is 6.56. The van der Waals surface area contributed by atoms with Gasteiger partial charge in [0.15, 0.2) is 5.52 Å². The van der Waals surface area contributed by atoms with Crippen molar-refractivity contribution in [3.63, 3.8) is 0 Å². The summed E-state index contributed by atoms with van der Waals surface area (Å²) in [4.78, 5) is 32.8. The van der Waals surface area contributed by atoms with Crippen LogP contribution in [0.3, 0.4) is 0 Å². The number of amides is 1. The number of fused-ring (bicyclic) bond motifs is 2. The Morgan fingerprint density at radius 2 is 1.82 bits per heavy atom. The number of nitrogens with zero attached hydrogens (tertiary/aromatic N) is 5. The maximum absolute atomic E-state index is 13.4. The normalized spacial score (nSPS) is 17.4. The molecule has 2 aromatic heterocycles. The molecule has 2 aliphatic heterocycles. The zero-order valence-corrected chi connectivity index (χ0v) is 22.4. The fourth-order valence-corrected chi connectivity index (χ4v) is 5.91. The average Bonchev–Trinajstić information content (AvgIpc) is 3.54. The van der Waals surface area contributed by atoms with Crippen LogP contribution in [-0.4, -0.2) is 53.9 Å². The predicted octanol–water partition coefficient (Wildman–Crippen LogP) is 2.95. The number of aryl methyl sites for hydroxylation is 1. The molecule has 9 heteroatoms. The smallest absolute Gasteiger partial charge is 0.281 e. The van der Waals surface area contributed by atoms with E-state index in [0.29, 0.717) is 43.4 Å². The quantitative estimate of drug-likeness (QED) is 0.400. The third kappa shape index (κ3) is 4.88. The Morgan fingerprint density at radius 1 is 1.08 bits per heavy atom. The van der Waals surface area contributed by atoms with Crippen molar-refractivity contribution in [2.45, 2.75) is 57.3 Å². The molecular formula is C30H34N6O3. The number of rotatable bonds is 6. The van der Waals surface area contributed by atoms with E-state index in [9.17, 15) is 14.7 Å². The first-order valence-corrected chi connectivity index (χ1v) is 13.6. The van der Waals surface area contributed by atoms with Crippen molar-refractivity contribution < 1.29 is 9.90 Å². The molecule has 0 radical (unpaired) electrons. The average molecular weight is 527 g/mol. The predicted molar refractivity (Wildman–Crippen MR) is 149 cm³/mol. The lowest BCUT2D eigenvalue weighted by atomic mass is 9.90. The molecule has 1 fully saturated rings. The molecule has 2 aromatic carbocycles. The second-order valence-electron chi connectivity index (χ2n) is 11.1. The lowest BCUT2D eigenvalue weighted by Gasteiger charge is -2.38. The van der Waals surface area contributed by atoms with Crippen molar-refractivity contribution in [1.29, 1.82) is 0 Å². The standard InChI is InChI=1S/C30H34N6O3/c1-20(21-6-4-3-5-7-21)14-25(37)35-12-10-30(39,11-13-35)18-36-19-32-26-27(29(36)38)33-34(2)28(26)22-8-9-23-16-31-17-24(23)15-22/h3-9,15,19-20,31,39H,10-14,16-18H2,1-2H3/t20-/m1/s1. The molecular weight excluding hydrogens is 492 g/mol. The molecule has 39 heavy (non-hydrogen) atoms. The summed E-state index contributed by atoms with van der Waals surface area (Å²) in [5, 5.41) is 19.2. The third-order valence-corrected chi connectivity index (χ3v) is 8.28. The molecule has 4 heterocycles. The first kappa shape index (κ1) is 25.5. The van der Waals surface area contributed by atoms with Crippen molar-refractivity contribution in [3.8, 4) is 11.3 Å². The van der Waals surface area contributed by atoms with Crippen molar-refractivity contribution in [2.75, 3.05) is 13.1 Å². The number of aromatic nitrogens is 4. The Bertz CT molecular complexity index is 1580. The van der Waals surface area contributed by atoms with Gasteiger partial charge in [-0.1, -0.05) is 49.4 Å². The summed E-state index contributed by atoms with van der Waals surface area (Å²) in [6.45, 7) is 4.80. The van der Waals surface area contributed by atoms with Crippen LogP contribution in [0.5, 0.6) is 0 Å². The largest absolute Gasteiger partial charge is 0.388 e. The van der Waals surface area contributed by atoms with Crippen molar-refractivity contribution in [2.24, 2.45) is 7.05 Å². The highest BCUT2D eigenvalue weighted by molar-refractivity contribution is 5.89. The SMILES string of the molecule is C[C@H](CC(=O)N1CCC(O)(Cn2cnc3c(-c4ccc5c(c4)CNC5)n(C)nc3c2=O)CC1)c1ccccc1. The molecule has 0 saturated carbocycles. The minimum absolute atomic E-state index is 0.0945. The van der Waals surface area contributed by atoms with Gasteiger partial charge in [0, 0.05) is 45.2 Å². The van der Waals surface area contributed by atoms with Crippen LogP contribution in [0, 0.1) is 0 Å². The van der Waals surface area contributed by atoms with E-state index in [-0.39, 0.29) is 23.9 Å². The summed E-state index contributed by atoms with van der Waals surface area (Å²) in [6, 6.07) is 16.3. The number of likely N-dealkylation sites (tertiary alicyclic amines) is 1. The fraction of sp³-hybridized carbons (Fsp3) is 0.400. The van der Waals surface area contributed by atoms with Gasteiger partial charge in [-0.2, -0.15) is 5.10 Å². The number of nitrogens with one attached hydrogen (secondary N) is 1. The van der Waals surface area contributed by atoms with Crippen LogP contribution in [0.15, 0.2) is 59.7 Å². The van der Waals surface area contributed by atoms with Gasteiger partial charge in [-0.3, -0.25) is 18.8 Å². The highest BCUT2D eigenvalue weighted by atomic mass is 16.3. The van der Waals surface area contributed by atoms with E-state index < -0.39 is 5.60 Å². The number of carbonyl (C=O) groups is 1. The number of hydrogen-bond donors (Lipinski definition) is 2.